The van der Waals surface area contributed by atoms with Crippen LogP contribution in [-0.4, -0.2) is 24.2 Å². The van der Waals surface area contributed by atoms with Crippen molar-refractivity contribution < 1.29 is 19.1 Å². The Morgan fingerprint density at radius 1 is 1.04 bits per heavy atom. The molecule has 136 valence electrons. The molecule has 2 amide bonds. The van der Waals surface area contributed by atoms with Crippen LogP contribution in [0, 0.1) is 0 Å². The number of benzene rings is 2. The molecule has 2 aromatic rings. The van der Waals surface area contributed by atoms with Gasteiger partial charge in [0.2, 0.25) is 5.91 Å². The molecule has 2 rings (SSSR count). The molecule has 0 fully saturated rings. The smallest absolute Gasteiger partial charge is 0.262 e. The first kappa shape index (κ1) is 19.5. The summed E-state index contributed by atoms with van der Waals surface area (Å²) in [5, 5.41) is 5.73. The maximum atomic E-state index is 12.1. The van der Waals surface area contributed by atoms with Crippen LogP contribution in [0.1, 0.15) is 30.6 Å². The first-order chi connectivity index (χ1) is 12.4. The van der Waals surface area contributed by atoms with E-state index in [2.05, 4.69) is 10.6 Å². The first-order valence-corrected chi connectivity index (χ1v) is 8.40. The van der Waals surface area contributed by atoms with Gasteiger partial charge in [-0.25, -0.2) is 0 Å². The zero-order chi connectivity index (χ0) is 19.1. The molecule has 0 spiro atoms. The van der Waals surface area contributed by atoms with Crippen molar-refractivity contribution in [1.82, 2.24) is 0 Å². The highest BCUT2D eigenvalue weighted by molar-refractivity contribution is 6.31. The quantitative estimate of drug-likeness (QED) is 0.719. The number of anilines is 2. The lowest BCUT2D eigenvalue weighted by molar-refractivity contribution is -0.118. The van der Waals surface area contributed by atoms with Crippen LogP contribution in [0.25, 0.3) is 0 Å². The summed E-state index contributed by atoms with van der Waals surface area (Å²) >= 11 is 5.92. The number of halogens is 1. The highest BCUT2D eigenvalue weighted by Crippen LogP contribution is 2.24. The molecular weight excluding hydrogens is 356 g/mol. The molecule has 0 heterocycles. The summed E-state index contributed by atoms with van der Waals surface area (Å²) in [6.07, 6.45) is 0.304. The number of carbonyl (C=O) groups excluding carboxylic acids is 3. The monoisotopic (exact) mass is 374 g/mol. The summed E-state index contributed by atoms with van der Waals surface area (Å²) in [5.74, 6) is -0.406. The van der Waals surface area contributed by atoms with Gasteiger partial charge in [-0.3, -0.25) is 14.4 Å². The van der Waals surface area contributed by atoms with E-state index in [-0.39, 0.29) is 18.3 Å². The van der Waals surface area contributed by atoms with E-state index in [4.69, 9.17) is 16.3 Å². The molecular formula is C19H19ClN2O4. The zero-order valence-electron chi connectivity index (χ0n) is 14.5. The van der Waals surface area contributed by atoms with Crippen molar-refractivity contribution in [3.63, 3.8) is 0 Å². The molecule has 0 unspecified atom stereocenters. The third kappa shape index (κ3) is 5.60. The number of amides is 2. The molecule has 0 bridgehead atoms. The molecule has 0 aliphatic heterocycles. The van der Waals surface area contributed by atoms with Crippen LogP contribution in [0.4, 0.5) is 11.4 Å². The molecule has 0 saturated carbocycles. The van der Waals surface area contributed by atoms with Crippen LogP contribution in [0.3, 0.4) is 0 Å². The minimum atomic E-state index is -0.394. The summed E-state index contributed by atoms with van der Waals surface area (Å²) in [6.45, 7) is 2.87. The number of ketones is 1. The van der Waals surface area contributed by atoms with Gasteiger partial charge in [-0.1, -0.05) is 24.6 Å². The van der Waals surface area contributed by atoms with E-state index in [0.29, 0.717) is 34.1 Å². The molecule has 2 aromatic carbocycles. The van der Waals surface area contributed by atoms with E-state index in [9.17, 15) is 14.4 Å². The van der Waals surface area contributed by atoms with Gasteiger partial charge in [0.25, 0.3) is 5.91 Å². The van der Waals surface area contributed by atoms with Gasteiger partial charge in [0.15, 0.2) is 12.4 Å². The summed E-state index contributed by atoms with van der Waals surface area (Å²) in [4.78, 5) is 35.2. The number of carbonyl (C=O) groups is 3. The fourth-order valence-corrected chi connectivity index (χ4v) is 2.43. The molecule has 0 aromatic heterocycles. The van der Waals surface area contributed by atoms with E-state index in [1.54, 1.807) is 43.3 Å². The summed E-state index contributed by atoms with van der Waals surface area (Å²) in [7, 11) is 0. The highest BCUT2D eigenvalue weighted by atomic mass is 35.5. The summed E-state index contributed by atoms with van der Waals surface area (Å²) in [6, 6.07) is 11.4. The van der Waals surface area contributed by atoms with Crippen LogP contribution < -0.4 is 15.4 Å². The van der Waals surface area contributed by atoms with Crippen molar-refractivity contribution in [2.24, 2.45) is 0 Å². The predicted octanol–water partition coefficient (Wildman–Crippen LogP) is 3.91. The molecule has 2 N–H and O–H groups in total. The molecule has 6 nitrogen and oxygen atoms in total. The van der Waals surface area contributed by atoms with Gasteiger partial charge in [0.1, 0.15) is 5.75 Å². The molecule has 0 radical (unpaired) electrons. The Balaban J connectivity index is 2.01. The SMILES string of the molecule is CCC(=O)c1cc(Cl)ccc1OCC(=O)Nc1cccc(NC(C)=O)c1. The van der Waals surface area contributed by atoms with Gasteiger partial charge < -0.3 is 15.4 Å². The lowest BCUT2D eigenvalue weighted by atomic mass is 10.1. The lowest BCUT2D eigenvalue weighted by Gasteiger charge is -2.12. The van der Waals surface area contributed by atoms with Gasteiger partial charge in [-0.05, 0) is 36.4 Å². The molecule has 7 heteroatoms. The van der Waals surface area contributed by atoms with Crippen molar-refractivity contribution in [2.45, 2.75) is 20.3 Å². The number of nitrogens with one attached hydrogen (secondary N) is 2. The Kier molecular flexibility index (Phi) is 6.74. The topological polar surface area (TPSA) is 84.5 Å². The molecule has 0 saturated heterocycles. The second-order valence-corrected chi connectivity index (χ2v) is 5.95. The van der Waals surface area contributed by atoms with Crippen LogP contribution in [0.15, 0.2) is 42.5 Å². The fourth-order valence-electron chi connectivity index (χ4n) is 2.25. The Bertz CT molecular complexity index is 836. The number of hydrogen-bond acceptors (Lipinski definition) is 4. The molecule has 26 heavy (non-hydrogen) atoms. The van der Waals surface area contributed by atoms with Crippen LogP contribution >= 0.6 is 11.6 Å². The minimum Gasteiger partial charge on any atom is -0.483 e. The molecule has 0 atom stereocenters. The van der Waals surface area contributed by atoms with E-state index in [1.165, 1.54) is 13.0 Å². The van der Waals surface area contributed by atoms with Crippen molar-refractivity contribution >= 4 is 40.6 Å². The highest BCUT2D eigenvalue weighted by Gasteiger charge is 2.13. The minimum absolute atomic E-state index is 0.120. The molecule has 0 aliphatic rings. The third-order valence-electron chi connectivity index (χ3n) is 3.39. The Morgan fingerprint density at radius 3 is 2.38 bits per heavy atom. The third-order valence-corrected chi connectivity index (χ3v) is 3.62. The lowest BCUT2D eigenvalue weighted by Crippen LogP contribution is -2.21. The molecule has 0 aliphatic carbocycles. The van der Waals surface area contributed by atoms with Crippen LogP contribution in [0.5, 0.6) is 5.75 Å². The Hall–Kier alpha value is -2.86. The average Bonchev–Trinajstić information content (AvgIpc) is 2.59. The van der Waals surface area contributed by atoms with Gasteiger partial charge in [0, 0.05) is 29.7 Å². The van der Waals surface area contributed by atoms with E-state index in [0.717, 1.165) is 0 Å². The second kappa shape index (κ2) is 9.01. The Morgan fingerprint density at radius 2 is 1.73 bits per heavy atom. The number of hydrogen-bond donors (Lipinski definition) is 2. The van der Waals surface area contributed by atoms with E-state index < -0.39 is 5.91 Å². The van der Waals surface area contributed by atoms with Gasteiger partial charge in [-0.2, -0.15) is 0 Å². The number of rotatable bonds is 7. The average molecular weight is 375 g/mol. The van der Waals surface area contributed by atoms with Gasteiger partial charge in [0.05, 0.1) is 5.56 Å². The van der Waals surface area contributed by atoms with Crippen molar-refractivity contribution in [3.8, 4) is 5.75 Å². The van der Waals surface area contributed by atoms with E-state index in [1.807, 2.05) is 0 Å². The predicted molar refractivity (Wildman–Crippen MR) is 101 cm³/mol. The van der Waals surface area contributed by atoms with Gasteiger partial charge in [-0.15, -0.1) is 0 Å². The number of Topliss-reactive ketones (excluding diaryl/α,β-unsaturated/α-hetero) is 1. The van der Waals surface area contributed by atoms with Crippen molar-refractivity contribution in [1.29, 1.82) is 0 Å². The van der Waals surface area contributed by atoms with Gasteiger partial charge >= 0.3 is 0 Å². The van der Waals surface area contributed by atoms with Crippen LogP contribution in [0.2, 0.25) is 5.02 Å². The fraction of sp³-hybridized carbons (Fsp3) is 0.211. The van der Waals surface area contributed by atoms with E-state index >= 15 is 0 Å². The van der Waals surface area contributed by atoms with Crippen LogP contribution in [-0.2, 0) is 9.59 Å². The van der Waals surface area contributed by atoms with Crippen molar-refractivity contribution in [3.05, 3.63) is 53.1 Å². The largest absolute Gasteiger partial charge is 0.483 e. The second-order valence-electron chi connectivity index (χ2n) is 5.52. The maximum absolute atomic E-state index is 12.1. The first-order valence-electron chi connectivity index (χ1n) is 8.02. The normalized spacial score (nSPS) is 10.1. The Labute approximate surface area is 156 Å². The zero-order valence-corrected chi connectivity index (χ0v) is 15.2. The summed E-state index contributed by atoms with van der Waals surface area (Å²) < 4.78 is 5.48. The summed E-state index contributed by atoms with van der Waals surface area (Å²) in [5.41, 5.74) is 1.44. The van der Waals surface area contributed by atoms with Crippen molar-refractivity contribution in [2.75, 3.05) is 17.2 Å². The maximum Gasteiger partial charge on any atom is 0.262 e. The number of ether oxygens (including phenoxy) is 1. The standard InChI is InChI=1S/C19H19ClN2O4/c1-3-17(24)16-9-13(20)7-8-18(16)26-11-19(25)22-15-6-4-5-14(10-15)21-12(2)23/h4-10H,3,11H2,1-2H3,(H,21,23)(H,22,25).